The predicted molar refractivity (Wildman–Crippen MR) is 107 cm³/mol. The zero-order valence-corrected chi connectivity index (χ0v) is 17.0. The topological polar surface area (TPSA) is 53.6 Å². The Balaban J connectivity index is 1.69. The Hall–Kier alpha value is -2.05. The maximum Gasteiger partial charge on any atom is 0.165 e. The van der Waals surface area contributed by atoms with Gasteiger partial charge in [-0.2, -0.15) is 5.10 Å². The minimum absolute atomic E-state index is 0.636. The molecule has 6 heteroatoms. The molecule has 1 N–H and O–H groups in total. The molecule has 27 heavy (non-hydrogen) atoms. The molecule has 0 saturated heterocycles. The van der Waals surface area contributed by atoms with Gasteiger partial charge in [-0.1, -0.05) is 12.1 Å². The normalized spacial score (nSPS) is 13.9. The van der Waals surface area contributed by atoms with E-state index in [2.05, 4.69) is 33.1 Å². The summed E-state index contributed by atoms with van der Waals surface area (Å²) >= 11 is 0. The van der Waals surface area contributed by atoms with Crippen LogP contribution in [0.25, 0.3) is 0 Å². The van der Waals surface area contributed by atoms with Crippen molar-refractivity contribution in [2.45, 2.75) is 38.8 Å². The van der Waals surface area contributed by atoms with Crippen LogP contribution in [0.2, 0.25) is 0 Å². The van der Waals surface area contributed by atoms with Gasteiger partial charge < -0.3 is 14.4 Å². The maximum atomic E-state index is 6.08. The Labute approximate surface area is 162 Å². The lowest BCUT2D eigenvalue weighted by atomic mass is 9.96. The highest BCUT2D eigenvalue weighted by Crippen LogP contribution is 2.32. The molecular formula is C21H32N4O2. The van der Waals surface area contributed by atoms with Crippen molar-refractivity contribution in [3.8, 4) is 11.5 Å². The lowest BCUT2D eigenvalue weighted by molar-refractivity contribution is 0.242. The van der Waals surface area contributed by atoms with Crippen molar-refractivity contribution in [3.63, 3.8) is 0 Å². The SMILES string of the molecule is COc1cccc(CN(C)Cc2n[nH]c3c2CCCC3)c1OCCN(C)C. The predicted octanol–water partition coefficient (Wildman–Crippen LogP) is 2.87. The fourth-order valence-electron chi connectivity index (χ4n) is 3.62. The van der Waals surface area contributed by atoms with Crippen LogP contribution in [0.5, 0.6) is 11.5 Å². The van der Waals surface area contributed by atoms with Crippen molar-refractivity contribution in [2.24, 2.45) is 0 Å². The highest BCUT2D eigenvalue weighted by Gasteiger charge is 2.19. The second kappa shape index (κ2) is 9.24. The van der Waals surface area contributed by atoms with Crippen LogP contribution < -0.4 is 9.47 Å². The lowest BCUT2D eigenvalue weighted by Gasteiger charge is -2.21. The van der Waals surface area contributed by atoms with Crippen molar-refractivity contribution in [2.75, 3.05) is 41.4 Å². The van der Waals surface area contributed by atoms with E-state index < -0.39 is 0 Å². The largest absolute Gasteiger partial charge is 0.493 e. The van der Waals surface area contributed by atoms with Crippen LogP contribution in [0.15, 0.2) is 18.2 Å². The summed E-state index contributed by atoms with van der Waals surface area (Å²) in [5, 5.41) is 7.81. The first kappa shape index (κ1) is 19.7. The molecule has 0 saturated carbocycles. The number of aryl methyl sites for hydroxylation is 1. The number of aromatic amines is 1. The van der Waals surface area contributed by atoms with Gasteiger partial charge in [-0.05, 0) is 58.5 Å². The molecule has 1 aromatic heterocycles. The van der Waals surface area contributed by atoms with E-state index in [9.17, 15) is 0 Å². The Morgan fingerprint density at radius 3 is 2.70 bits per heavy atom. The summed E-state index contributed by atoms with van der Waals surface area (Å²) in [6.07, 6.45) is 4.81. The van der Waals surface area contributed by atoms with Crippen LogP contribution in [0.3, 0.4) is 0 Å². The fraction of sp³-hybridized carbons (Fsp3) is 0.571. The van der Waals surface area contributed by atoms with Crippen molar-refractivity contribution < 1.29 is 9.47 Å². The van der Waals surface area contributed by atoms with Gasteiger partial charge in [0, 0.05) is 30.9 Å². The van der Waals surface area contributed by atoms with Crippen LogP contribution in [-0.4, -0.2) is 61.4 Å². The van der Waals surface area contributed by atoms with Gasteiger partial charge >= 0.3 is 0 Å². The number of nitrogens with zero attached hydrogens (tertiary/aromatic N) is 3. The van der Waals surface area contributed by atoms with E-state index in [-0.39, 0.29) is 0 Å². The number of rotatable bonds is 9. The number of methoxy groups -OCH3 is 1. The standard InChI is InChI=1S/C21H32N4O2/c1-24(2)12-13-27-21-16(8-7-11-20(21)26-4)14-25(3)15-19-17-9-5-6-10-18(17)22-23-19/h7-8,11H,5-6,9-10,12-15H2,1-4H3,(H,22,23). The van der Waals surface area contributed by atoms with Gasteiger partial charge in [0.1, 0.15) is 6.61 Å². The number of para-hydroxylation sites is 1. The molecule has 0 radical (unpaired) electrons. The number of benzene rings is 1. The Bertz CT molecular complexity index is 742. The number of fused-ring (bicyclic) bond motifs is 1. The second-order valence-corrected chi connectivity index (χ2v) is 7.61. The molecule has 0 amide bonds. The third-order valence-electron chi connectivity index (χ3n) is 5.07. The minimum atomic E-state index is 0.636. The van der Waals surface area contributed by atoms with Crippen LogP contribution in [0.1, 0.15) is 35.4 Å². The summed E-state index contributed by atoms with van der Waals surface area (Å²) in [5.41, 5.74) is 5.09. The third-order valence-corrected chi connectivity index (χ3v) is 5.07. The van der Waals surface area contributed by atoms with E-state index in [4.69, 9.17) is 9.47 Å². The van der Waals surface area contributed by atoms with Gasteiger partial charge in [0.2, 0.25) is 0 Å². The lowest BCUT2D eigenvalue weighted by Crippen LogP contribution is -2.22. The summed E-state index contributed by atoms with van der Waals surface area (Å²) in [6, 6.07) is 6.10. The third kappa shape index (κ3) is 5.02. The van der Waals surface area contributed by atoms with Crippen LogP contribution in [-0.2, 0) is 25.9 Å². The number of aromatic nitrogens is 2. The highest BCUT2D eigenvalue weighted by atomic mass is 16.5. The van der Waals surface area contributed by atoms with E-state index in [1.165, 1.54) is 29.8 Å². The maximum absolute atomic E-state index is 6.08. The van der Waals surface area contributed by atoms with Crippen molar-refractivity contribution >= 4 is 0 Å². The van der Waals surface area contributed by atoms with Crippen molar-refractivity contribution in [1.82, 2.24) is 20.0 Å². The molecule has 1 heterocycles. The summed E-state index contributed by atoms with van der Waals surface area (Å²) in [7, 11) is 7.92. The molecule has 0 bridgehead atoms. The van der Waals surface area contributed by atoms with Gasteiger partial charge in [-0.15, -0.1) is 0 Å². The first-order valence-corrected chi connectivity index (χ1v) is 9.75. The monoisotopic (exact) mass is 372 g/mol. The van der Waals surface area contributed by atoms with E-state index in [0.717, 1.165) is 49.5 Å². The summed E-state index contributed by atoms with van der Waals surface area (Å²) < 4.78 is 11.6. The zero-order chi connectivity index (χ0) is 19.2. The zero-order valence-electron chi connectivity index (χ0n) is 17.0. The van der Waals surface area contributed by atoms with Crippen LogP contribution in [0.4, 0.5) is 0 Å². The summed E-state index contributed by atoms with van der Waals surface area (Å²) in [6.45, 7) is 3.13. The highest BCUT2D eigenvalue weighted by molar-refractivity contribution is 5.46. The number of H-pyrrole nitrogens is 1. The first-order chi connectivity index (χ1) is 13.1. The van der Waals surface area contributed by atoms with E-state index in [1.807, 2.05) is 26.2 Å². The average Bonchev–Trinajstić information content (AvgIpc) is 3.05. The minimum Gasteiger partial charge on any atom is -0.493 e. The van der Waals surface area contributed by atoms with Crippen molar-refractivity contribution in [3.05, 3.63) is 40.7 Å². The molecule has 0 unspecified atom stereocenters. The van der Waals surface area contributed by atoms with Gasteiger partial charge in [-0.25, -0.2) is 0 Å². The average molecular weight is 373 g/mol. The molecule has 1 aromatic carbocycles. The molecule has 0 spiro atoms. The van der Waals surface area contributed by atoms with Gasteiger partial charge in [-0.3, -0.25) is 10.00 Å². The molecule has 1 aliphatic rings. The van der Waals surface area contributed by atoms with Crippen LogP contribution >= 0.6 is 0 Å². The number of hydrogen-bond acceptors (Lipinski definition) is 5. The number of hydrogen-bond donors (Lipinski definition) is 1. The van der Waals surface area contributed by atoms with E-state index in [0.29, 0.717) is 6.61 Å². The molecule has 3 rings (SSSR count). The Morgan fingerprint density at radius 1 is 1.11 bits per heavy atom. The molecule has 6 nitrogen and oxygen atoms in total. The number of ether oxygens (including phenoxy) is 2. The molecule has 0 fully saturated rings. The van der Waals surface area contributed by atoms with E-state index in [1.54, 1.807) is 7.11 Å². The first-order valence-electron chi connectivity index (χ1n) is 9.75. The van der Waals surface area contributed by atoms with Gasteiger partial charge in [0.15, 0.2) is 11.5 Å². The molecular weight excluding hydrogens is 340 g/mol. The Morgan fingerprint density at radius 2 is 1.93 bits per heavy atom. The van der Waals surface area contributed by atoms with Gasteiger partial charge in [0.05, 0.1) is 12.8 Å². The molecule has 0 aliphatic heterocycles. The molecule has 2 aromatic rings. The molecule has 0 atom stereocenters. The second-order valence-electron chi connectivity index (χ2n) is 7.61. The summed E-state index contributed by atoms with van der Waals surface area (Å²) in [4.78, 5) is 4.40. The fourth-order valence-corrected chi connectivity index (χ4v) is 3.62. The number of likely N-dealkylation sites (N-methyl/N-ethyl adjacent to an activating group) is 1. The van der Waals surface area contributed by atoms with Gasteiger partial charge in [0.25, 0.3) is 0 Å². The smallest absolute Gasteiger partial charge is 0.165 e. The quantitative estimate of drug-likeness (QED) is 0.734. The summed E-state index contributed by atoms with van der Waals surface area (Å²) in [5.74, 6) is 1.63. The van der Waals surface area contributed by atoms with Crippen LogP contribution in [0, 0.1) is 0 Å². The van der Waals surface area contributed by atoms with E-state index >= 15 is 0 Å². The molecule has 1 aliphatic carbocycles. The Kier molecular flexibility index (Phi) is 6.74. The molecule has 148 valence electrons. The number of nitrogens with one attached hydrogen (secondary N) is 1. The van der Waals surface area contributed by atoms with Crippen molar-refractivity contribution in [1.29, 1.82) is 0 Å².